The second kappa shape index (κ2) is 15.2. The van der Waals surface area contributed by atoms with E-state index in [1.54, 1.807) is 0 Å². The summed E-state index contributed by atoms with van der Waals surface area (Å²) >= 11 is 0. The Bertz CT molecular complexity index is 2210. The monoisotopic (exact) mass is 668 g/mol. The standard InChI is InChI=1S/C48H36N4/c1-5-21-40(22-6-1)51(41-23-7-2-8-24-41)44-29-13-17-37(33-44)35-49-46-31-15-19-39-20-16-32-47(48(39)46)50-36-38-18-14-30-45(34-38)52(42-25-9-3-10-26-42)43-27-11-4-12-28-43/h1-36H. The molecule has 8 rings (SSSR count). The first-order chi connectivity index (χ1) is 25.8. The second-order valence-electron chi connectivity index (χ2n) is 12.4. The fraction of sp³-hybridized carbons (Fsp3) is 0. The molecule has 0 unspecified atom stereocenters. The van der Waals surface area contributed by atoms with E-state index < -0.39 is 0 Å². The maximum Gasteiger partial charge on any atom is 0.0729 e. The number of fused-ring (bicyclic) bond motifs is 1. The first-order valence-corrected chi connectivity index (χ1v) is 17.4. The molecular formula is C48H36N4. The van der Waals surface area contributed by atoms with Gasteiger partial charge in [-0.2, -0.15) is 0 Å². The van der Waals surface area contributed by atoms with E-state index in [0.717, 1.165) is 67.4 Å². The van der Waals surface area contributed by atoms with Crippen molar-refractivity contribution >= 4 is 68.7 Å². The Kier molecular flexibility index (Phi) is 9.43. The van der Waals surface area contributed by atoms with Crippen LogP contribution in [-0.2, 0) is 0 Å². The van der Waals surface area contributed by atoms with Gasteiger partial charge in [-0.1, -0.05) is 121 Å². The van der Waals surface area contributed by atoms with Crippen molar-refractivity contribution < 1.29 is 0 Å². The molecule has 0 aromatic heterocycles. The van der Waals surface area contributed by atoms with Crippen LogP contribution < -0.4 is 9.80 Å². The molecule has 0 bridgehead atoms. The molecule has 0 saturated carbocycles. The van der Waals surface area contributed by atoms with E-state index in [0.29, 0.717) is 0 Å². The summed E-state index contributed by atoms with van der Waals surface area (Å²) in [6.45, 7) is 0. The molecule has 0 heterocycles. The van der Waals surface area contributed by atoms with E-state index in [4.69, 9.17) is 9.98 Å². The molecule has 0 N–H and O–H groups in total. The summed E-state index contributed by atoms with van der Waals surface area (Å²) < 4.78 is 0. The van der Waals surface area contributed by atoms with Crippen LogP contribution in [0.1, 0.15) is 11.1 Å². The quantitative estimate of drug-likeness (QED) is 0.136. The van der Waals surface area contributed by atoms with E-state index in [1.807, 2.05) is 36.7 Å². The minimum absolute atomic E-state index is 0.867. The highest BCUT2D eigenvalue weighted by Crippen LogP contribution is 2.37. The lowest BCUT2D eigenvalue weighted by Crippen LogP contribution is -2.09. The zero-order chi connectivity index (χ0) is 35.0. The van der Waals surface area contributed by atoms with Crippen LogP contribution in [0.15, 0.2) is 216 Å². The molecule has 0 aliphatic rings. The largest absolute Gasteiger partial charge is 0.310 e. The number of aliphatic imine (C=N–C) groups is 2. The summed E-state index contributed by atoms with van der Waals surface area (Å²) in [5.41, 5.74) is 10.2. The zero-order valence-corrected chi connectivity index (χ0v) is 28.6. The summed E-state index contributed by atoms with van der Waals surface area (Å²) in [4.78, 5) is 14.6. The summed E-state index contributed by atoms with van der Waals surface area (Å²) in [5, 5.41) is 2.10. The van der Waals surface area contributed by atoms with Gasteiger partial charge in [0, 0.05) is 51.9 Å². The third-order valence-corrected chi connectivity index (χ3v) is 8.88. The topological polar surface area (TPSA) is 31.2 Å². The Morgan fingerprint density at radius 2 is 0.635 bits per heavy atom. The number of para-hydroxylation sites is 4. The molecule has 0 aliphatic carbocycles. The highest BCUT2D eigenvalue weighted by molar-refractivity contribution is 6.04. The Balaban J connectivity index is 1.11. The fourth-order valence-electron chi connectivity index (χ4n) is 6.50. The van der Waals surface area contributed by atoms with Crippen molar-refractivity contribution in [1.29, 1.82) is 0 Å². The Hall–Kier alpha value is -7.04. The molecule has 0 amide bonds. The van der Waals surface area contributed by atoms with E-state index in [2.05, 4.69) is 192 Å². The average molecular weight is 669 g/mol. The number of anilines is 6. The smallest absolute Gasteiger partial charge is 0.0729 e. The fourth-order valence-corrected chi connectivity index (χ4v) is 6.50. The summed E-state index contributed by atoms with van der Waals surface area (Å²) in [7, 11) is 0. The molecule has 248 valence electrons. The van der Waals surface area contributed by atoms with Crippen LogP contribution in [0.4, 0.5) is 45.5 Å². The van der Waals surface area contributed by atoms with Crippen LogP contribution in [0.5, 0.6) is 0 Å². The number of hydrogen-bond acceptors (Lipinski definition) is 4. The third-order valence-electron chi connectivity index (χ3n) is 8.88. The zero-order valence-electron chi connectivity index (χ0n) is 28.6. The molecule has 0 spiro atoms. The van der Waals surface area contributed by atoms with Crippen LogP contribution in [0.3, 0.4) is 0 Å². The Labute approximate surface area is 304 Å². The minimum atomic E-state index is 0.867. The van der Waals surface area contributed by atoms with Gasteiger partial charge in [-0.25, -0.2) is 0 Å². The van der Waals surface area contributed by atoms with Crippen molar-refractivity contribution in [3.8, 4) is 0 Å². The van der Waals surface area contributed by atoms with Crippen LogP contribution in [-0.4, -0.2) is 12.4 Å². The third kappa shape index (κ3) is 7.14. The molecule has 0 fully saturated rings. The van der Waals surface area contributed by atoms with Crippen LogP contribution >= 0.6 is 0 Å². The van der Waals surface area contributed by atoms with Crippen LogP contribution in [0.25, 0.3) is 10.8 Å². The van der Waals surface area contributed by atoms with Gasteiger partial charge in [-0.15, -0.1) is 0 Å². The molecule has 0 atom stereocenters. The summed E-state index contributed by atoms with van der Waals surface area (Å²) in [6.07, 6.45) is 3.89. The van der Waals surface area contributed by atoms with Crippen molar-refractivity contribution in [2.24, 2.45) is 9.98 Å². The van der Waals surface area contributed by atoms with Crippen molar-refractivity contribution in [2.75, 3.05) is 9.80 Å². The number of benzene rings is 8. The lowest BCUT2D eigenvalue weighted by molar-refractivity contribution is 1.28. The lowest BCUT2D eigenvalue weighted by atomic mass is 10.1. The van der Waals surface area contributed by atoms with Gasteiger partial charge in [0.2, 0.25) is 0 Å². The van der Waals surface area contributed by atoms with Gasteiger partial charge >= 0.3 is 0 Å². The minimum Gasteiger partial charge on any atom is -0.310 e. The molecule has 8 aromatic rings. The van der Waals surface area contributed by atoms with Crippen LogP contribution in [0, 0.1) is 0 Å². The van der Waals surface area contributed by atoms with Gasteiger partial charge in [0.1, 0.15) is 0 Å². The molecule has 52 heavy (non-hydrogen) atoms. The maximum atomic E-state index is 5.05. The Morgan fingerprint density at radius 3 is 1.00 bits per heavy atom. The molecule has 8 aromatic carbocycles. The predicted molar refractivity (Wildman–Crippen MR) is 221 cm³/mol. The van der Waals surface area contributed by atoms with E-state index in [1.165, 1.54) is 0 Å². The molecule has 4 nitrogen and oxygen atoms in total. The number of hydrogen-bond donors (Lipinski definition) is 0. The van der Waals surface area contributed by atoms with Crippen LogP contribution in [0.2, 0.25) is 0 Å². The van der Waals surface area contributed by atoms with Gasteiger partial charge in [-0.05, 0) is 101 Å². The van der Waals surface area contributed by atoms with Gasteiger partial charge < -0.3 is 9.80 Å². The number of rotatable bonds is 10. The van der Waals surface area contributed by atoms with Gasteiger partial charge in [0.05, 0.1) is 11.4 Å². The van der Waals surface area contributed by atoms with Gasteiger partial charge in [0.25, 0.3) is 0 Å². The lowest BCUT2D eigenvalue weighted by Gasteiger charge is -2.25. The highest BCUT2D eigenvalue weighted by atomic mass is 15.1. The summed E-state index contributed by atoms with van der Waals surface area (Å²) in [5.74, 6) is 0. The van der Waals surface area contributed by atoms with Crippen molar-refractivity contribution in [1.82, 2.24) is 0 Å². The highest BCUT2D eigenvalue weighted by Gasteiger charge is 2.14. The molecular weight excluding hydrogens is 633 g/mol. The second-order valence-corrected chi connectivity index (χ2v) is 12.4. The molecule has 0 saturated heterocycles. The first kappa shape index (κ1) is 32.2. The molecule has 0 radical (unpaired) electrons. The van der Waals surface area contributed by atoms with Crippen molar-refractivity contribution in [3.63, 3.8) is 0 Å². The predicted octanol–water partition coefficient (Wildman–Crippen LogP) is 13.3. The van der Waals surface area contributed by atoms with E-state index in [9.17, 15) is 0 Å². The van der Waals surface area contributed by atoms with E-state index in [-0.39, 0.29) is 0 Å². The SMILES string of the molecule is C(=Nc1cccc2cccc(N=Cc3cccc(N(c4ccccc4)c4ccccc4)c3)c12)c1cccc(N(c2ccccc2)c2ccccc2)c1. The van der Waals surface area contributed by atoms with Crippen molar-refractivity contribution in [2.45, 2.75) is 0 Å². The average Bonchev–Trinajstić information content (AvgIpc) is 3.21. The van der Waals surface area contributed by atoms with E-state index >= 15 is 0 Å². The molecule has 4 heteroatoms. The van der Waals surface area contributed by atoms with Gasteiger partial charge in [0.15, 0.2) is 0 Å². The maximum absolute atomic E-state index is 5.05. The Morgan fingerprint density at radius 1 is 0.308 bits per heavy atom. The summed E-state index contributed by atoms with van der Waals surface area (Å²) in [6, 6.07) is 71.2. The van der Waals surface area contributed by atoms with Gasteiger partial charge in [-0.3, -0.25) is 9.98 Å². The van der Waals surface area contributed by atoms with Crippen molar-refractivity contribution in [3.05, 3.63) is 217 Å². The molecule has 0 aliphatic heterocycles. The first-order valence-electron chi connectivity index (χ1n) is 17.4. The number of nitrogens with zero attached hydrogens (tertiary/aromatic N) is 4. The normalized spacial score (nSPS) is 11.3.